The summed E-state index contributed by atoms with van der Waals surface area (Å²) in [5.41, 5.74) is 1.21. The first-order valence-corrected chi connectivity index (χ1v) is 7.57. The van der Waals surface area contributed by atoms with Crippen molar-refractivity contribution in [3.8, 4) is 11.8 Å². The summed E-state index contributed by atoms with van der Waals surface area (Å²) in [7, 11) is 1.23. The van der Waals surface area contributed by atoms with Crippen molar-refractivity contribution in [2.24, 2.45) is 10.9 Å². The van der Waals surface area contributed by atoms with E-state index >= 15 is 0 Å². The molecule has 1 aromatic carbocycles. The second-order valence-corrected chi connectivity index (χ2v) is 5.60. The van der Waals surface area contributed by atoms with Crippen LogP contribution >= 0.6 is 11.6 Å². The van der Waals surface area contributed by atoms with Crippen LogP contribution in [0.15, 0.2) is 40.5 Å². The van der Waals surface area contributed by atoms with E-state index in [0.717, 1.165) is 0 Å². The van der Waals surface area contributed by atoms with Gasteiger partial charge in [0.05, 0.1) is 12.7 Å². The van der Waals surface area contributed by atoms with Gasteiger partial charge in [0.1, 0.15) is 11.6 Å². The number of hydrogen-bond donors (Lipinski definition) is 1. The van der Waals surface area contributed by atoms with Gasteiger partial charge in [-0.3, -0.25) is 4.79 Å². The number of carboxylic acids is 1. The first-order valence-electron chi connectivity index (χ1n) is 7.20. The van der Waals surface area contributed by atoms with Crippen molar-refractivity contribution in [1.29, 1.82) is 0 Å². The van der Waals surface area contributed by atoms with Gasteiger partial charge >= 0.3 is 11.9 Å². The lowest BCUT2D eigenvalue weighted by atomic mass is 9.75. The van der Waals surface area contributed by atoms with Crippen LogP contribution in [0.4, 0.5) is 0 Å². The summed E-state index contributed by atoms with van der Waals surface area (Å²) in [6.07, 6.45) is 0. The minimum absolute atomic E-state index is 0.109. The van der Waals surface area contributed by atoms with E-state index in [1.54, 1.807) is 38.1 Å². The molecule has 0 radical (unpaired) electrons. The average molecular weight is 346 g/mol. The molecule has 5 nitrogen and oxygen atoms in total. The number of carbonyl (C=O) groups excluding carboxylic acids is 1. The number of carbonyl (C=O) groups is 2. The van der Waals surface area contributed by atoms with Gasteiger partial charge in [-0.05, 0) is 31.4 Å². The Balaban J connectivity index is 2.82. The van der Waals surface area contributed by atoms with Crippen molar-refractivity contribution in [1.82, 2.24) is 0 Å². The monoisotopic (exact) mass is 345 g/mol. The summed E-state index contributed by atoms with van der Waals surface area (Å²) in [5, 5.41) is 10.1. The molecule has 2 unspecified atom stereocenters. The number of benzene rings is 1. The third-order valence-electron chi connectivity index (χ3n) is 3.79. The quantitative estimate of drug-likeness (QED) is 0.674. The molecule has 24 heavy (non-hydrogen) atoms. The van der Waals surface area contributed by atoms with Crippen molar-refractivity contribution >= 4 is 29.3 Å². The zero-order valence-electron chi connectivity index (χ0n) is 13.5. The lowest BCUT2D eigenvalue weighted by molar-refractivity contribution is -0.140. The Morgan fingerprint density at radius 2 is 2.00 bits per heavy atom. The van der Waals surface area contributed by atoms with Crippen LogP contribution in [0.1, 0.15) is 25.3 Å². The van der Waals surface area contributed by atoms with Gasteiger partial charge in [0.25, 0.3) is 0 Å². The van der Waals surface area contributed by atoms with Gasteiger partial charge in [-0.25, -0.2) is 9.79 Å². The van der Waals surface area contributed by atoms with E-state index in [1.807, 2.05) is 0 Å². The highest BCUT2D eigenvalue weighted by Gasteiger charge is 2.42. The number of esters is 1. The minimum Gasteiger partial charge on any atom is -0.481 e. The van der Waals surface area contributed by atoms with E-state index < -0.39 is 23.8 Å². The molecule has 124 valence electrons. The topological polar surface area (TPSA) is 76.0 Å². The highest BCUT2D eigenvalue weighted by atomic mass is 35.5. The van der Waals surface area contributed by atoms with Crippen LogP contribution < -0.4 is 0 Å². The highest BCUT2D eigenvalue weighted by molar-refractivity contribution is 6.31. The van der Waals surface area contributed by atoms with Gasteiger partial charge in [0, 0.05) is 16.7 Å². The van der Waals surface area contributed by atoms with E-state index in [1.165, 1.54) is 7.11 Å². The molecule has 1 N–H and O–H groups in total. The summed E-state index contributed by atoms with van der Waals surface area (Å²) in [5.74, 6) is 1.85. The number of rotatable bonds is 3. The predicted octanol–water partition coefficient (Wildman–Crippen LogP) is 3.05. The number of allylic oxidation sites excluding steroid dienone is 1. The van der Waals surface area contributed by atoms with Crippen molar-refractivity contribution in [2.75, 3.05) is 7.11 Å². The fourth-order valence-corrected chi connectivity index (χ4v) is 3.05. The van der Waals surface area contributed by atoms with Crippen LogP contribution in [-0.2, 0) is 14.3 Å². The second kappa shape index (κ2) is 7.33. The van der Waals surface area contributed by atoms with Crippen LogP contribution in [0.2, 0.25) is 5.02 Å². The van der Waals surface area contributed by atoms with Crippen LogP contribution in [0.25, 0.3) is 0 Å². The largest absolute Gasteiger partial charge is 0.481 e. The average Bonchev–Trinajstić information content (AvgIpc) is 2.54. The summed E-state index contributed by atoms with van der Waals surface area (Å²) < 4.78 is 4.85. The van der Waals surface area contributed by atoms with E-state index in [9.17, 15) is 14.7 Å². The number of halogens is 1. The van der Waals surface area contributed by atoms with E-state index in [2.05, 4.69) is 16.8 Å². The molecule has 0 aromatic heterocycles. The fraction of sp³-hybridized carbons (Fsp3) is 0.278. The summed E-state index contributed by atoms with van der Waals surface area (Å²) in [6, 6.07) is 6.82. The Morgan fingerprint density at radius 1 is 1.33 bits per heavy atom. The van der Waals surface area contributed by atoms with Gasteiger partial charge in [0.2, 0.25) is 0 Å². The number of hydrogen-bond acceptors (Lipinski definition) is 4. The van der Waals surface area contributed by atoms with Crippen LogP contribution in [0.3, 0.4) is 0 Å². The molecule has 1 aliphatic heterocycles. The molecule has 1 aromatic rings. The van der Waals surface area contributed by atoms with E-state index in [-0.39, 0.29) is 11.3 Å². The third kappa shape index (κ3) is 3.19. The van der Waals surface area contributed by atoms with Gasteiger partial charge in [-0.1, -0.05) is 35.7 Å². The summed E-state index contributed by atoms with van der Waals surface area (Å²) in [4.78, 5) is 28.4. The maximum atomic E-state index is 12.4. The Bertz CT molecular complexity index is 814. The smallest absolute Gasteiger partial charge is 0.337 e. The molecule has 0 spiro atoms. The molecule has 2 atom stereocenters. The summed E-state index contributed by atoms with van der Waals surface area (Å²) >= 11 is 6.27. The SMILES string of the molecule is CC#CC1=C(C(=O)OC)C(c2ccccc2Cl)C(C(=O)O)C(C)=N1. The van der Waals surface area contributed by atoms with Gasteiger partial charge in [-0.2, -0.15) is 0 Å². The predicted molar refractivity (Wildman–Crippen MR) is 90.9 cm³/mol. The molecule has 0 amide bonds. The van der Waals surface area contributed by atoms with Crippen molar-refractivity contribution in [3.63, 3.8) is 0 Å². The molecule has 0 fully saturated rings. The Hall–Kier alpha value is -2.58. The van der Waals surface area contributed by atoms with Crippen LogP contribution in [-0.4, -0.2) is 29.9 Å². The molecule has 0 saturated heterocycles. The van der Waals surface area contributed by atoms with E-state index in [4.69, 9.17) is 16.3 Å². The molecule has 1 aliphatic rings. The highest BCUT2D eigenvalue weighted by Crippen LogP contribution is 2.41. The van der Waals surface area contributed by atoms with Gasteiger partial charge in [0.15, 0.2) is 0 Å². The Morgan fingerprint density at radius 3 is 2.54 bits per heavy atom. The molecule has 1 heterocycles. The number of methoxy groups -OCH3 is 1. The third-order valence-corrected chi connectivity index (χ3v) is 4.14. The first kappa shape index (κ1) is 17.8. The lowest BCUT2D eigenvalue weighted by Crippen LogP contribution is -2.35. The zero-order valence-corrected chi connectivity index (χ0v) is 14.2. The standard InChI is InChI=1S/C18H16ClNO4/c1-4-7-13-16(18(23)24-3)15(11-8-5-6-9-12(11)19)14(17(21)22)10(2)20-13/h5-6,8-9,14-15H,1-3H3,(H,21,22). The maximum Gasteiger partial charge on any atom is 0.337 e. The van der Waals surface area contributed by atoms with Gasteiger partial charge < -0.3 is 9.84 Å². The molecule has 0 saturated carbocycles. The molecule has 0 bridgehead atoms. The Kier molecular flexibility index (Phi) is 5.42. The number of aliphatic carboxylic acids is 1. The second-order valence-electron chi connectivity index (χ2n) is 5.20. The molecule has 6 heteroatoms. The van der Waals surface area contributed by atoms with Gasteiger partial charge in [-0.15, -0.1) is 0 Å². The summed E-state index contributed by atoms with van der Waals surface area (Å²) in [6.45, 7) is 3.22. The molecule has 0 aliphatic carbocycles. The van der Waals surface area contributed by atoms with E-state index in [0.29, 0.717) is 16.3 Å². The van der Waals surface area contributed by atoms with Crippen molar-refractivity contribution in [2.45, 2.75) is 19.8 Å². The number of aliphatic imine (C=N–C) groups is 1. The first-order chi connectivity index (χ1) is 11.4. The number of ether oxygens (including phenoxy) is 1. The maximum absolute atomic E-state index is 12.4. The van der Waals surface area contributed by atoms with Crippen molar-refractivity contribution < 1.29 is 19.4 Å². The normalized spacial score (nSPS) is 19.9. The van der Waals surface area contributed by atoms with Crippen LogP contribution in [0, 0.1) is 17.8 Å². The molecular formula is C18H16ClNO4. The zero-order chi connectivity index (χ0) is 17.9. The van der Waals surface area contributed by atoms with Crippen LogP contribution in [0.5, 0.6) is 0 Å². The fourth-order valence-electron chi connectivity index (χ4n) is 2.79. The lowest BCUT2D eigenvalue weighted by Gasteiger charge is -2.30. The number of carboxylic acid groups (broad SMARTS) is 1. The Labute approximate surface area is 145 Å². The minimum atomic E-state index is -1.09. The molecule has 2 rings (SSSR count). The number of nitrogens with zero attached hydrogens (tertiary/aromatic N) is 1. The van der Waals surface area contributed by atoms with Crippen molar-refractivity contribution in [3.05, 3.63) is 46.1 Å². The molecular weight excluding hydrogens is 330 g/mol.